The van der Waals surface area contributed by atoms with E-state index in [0.717, 1.165) is 23.4 Å². The molecule has 4 aromatic rings. The van der Waals surface area contributed by atoms with Crippen LogP contribution in [0.1, 0.15) is 21.5 Å². The van der Waals surface area contributed by atoms with Crippen molar-refractivity contribution in [1.29, 1.82) is 0 Å². The number of rotatable bonds is 9. The fourth-order valence-electron chi connectivity index (χ4n) is 3.95. The van der Waals surface area contributed by atoms with Gasteiger partial charge in [0.05, 0.1) is 25.5 Å². The molecule has 0 aliphatic heterocycles. The van der Waals surface area contributed by atoms with Gasteiger partial charge in [-0.3, -0.25) is 4.79 Å². The summed E-state index contributed by atoms with van der Waals surface area (Å²) in [4.78, 5) is 15.5. The van der Waals surface area contributed by atoms with Gasteiger partial charge in [0.25, 0.3) is 5.91 Å². The molecular weight excluding hydrogens is 440 g/mol. The molecule has 0 fully saturated rings. The molecule has 3 aromatic carbocycles. The first-order valence-electron chi connectivity index (χ1n) is 11.4. The van der Waals surface area contributed by atoms with E-state index in [1.807, 2.05) is 80.8 Å². The maximum atomic E-state index is 13.4. The lowest BCUT2D eigenvalue weighted by atomic mass is 10.1. The fraction of sp³-hybridized carbons (Fsp3) is 0.214. The number of aromatic nitrogens is 2. The smallest absolute Gasteiger partial charge is 0.255 e. The van der Waals surface area contributed by atoms with Crippen molar-refractivity contribution in [3.8, 4) is 28.4 Å². The Bertz CT molecular complexity index is 1300. The molecule has 7 nitrogen and oxygen atoms in total. The van der Waals surface area contributed by atoms with Gasteiger partial charge in [-0.15, -0.1) is 0 Å². The molecule has 7 heteroatoms. The molecule has 0 unspecified atom stereocenters. The summed E-state index contributed by atoms with van der Waals surface area (Å²) in [6, 6.07) is 23.4. The van der Waals surface area contributed by atoms with Gasteiger partial charge in [0.15, 0.2) is 11.5 Å². The summed E-state index contributed by atoms with van der Waals surface area (Å²) in [6.45, 7) is 1.22. The van der Waals surface area contributed by atoms with Crippen LogP contribution in [-0.4, -0.2) is 48.9 Å². The van der Waals surface area contributed by atoms with Crippen molar-refractivity contribution >= 4 is 5.91 Å². The van der Waals surface area contributed by atoms with E-state index in [1.165, 1.54) is 5.56 Å². The Morgan fingerprint density at radius 3 is 2.29 bits per heavy atom. The molecule has 0 spiro atoms. The predicted molar refractivity (Wildman–Crippen MR) is 137 cm³/mol. The third-order valence-corrected chi connectivity index (χ3v) is 5.68. The number of ether oxygens (including phenoxy) is 2. The highest BCUT2D eigenvalue weighted by Crippen LogP contribution is 2.33. The molecule has 0 aliphatic rings. The Morgan fingerprint density at radius 1 is 0.914 bits per heavy atom. The lowest BCUT2D eigenvalue weighted by Crippen LogP contribution is -2.24. The minimum Gasteiger partial charge on any atom is -0.493 e. The van der Waals surface area contributed by atoms with Gasteiger partial charge in [-0.2, -0.15) is 5.10 Å². The number of benzene rings is 3. The Balaban J connectivity index is 1.68. The molecule has 4 rings (SSSR count). The Labute approximate surface area is 205 Å². The highest BCUT2D eigenvalue weighted by atomic mass is 16.5. The summed E-state index contributed by atoms with van der Waals surface area (Å²) in [5.74, 6) is 0.988. The quantitative estimate of drug-likeness (QED) is 0.389. The zero-order valence-corrected chi connectivity index (χ0v) is 20.5. The number of nitrogens with one attached hydrogen (secondary N) is 1. The van der Waals surface area contributed by atoms with Gasteiger partial charge in [-0.05, 0) is 55.6 Å². The van der Waals surface area contributed by atoms with Crippen molar-refractivity contribution in [2.24, 2.45) is 0 Å². The topological polar surface area (TPSA) is 68.6 Å². The van der Waals surface area contributed by atoms with Gasteiger partial charge < -0.3 is 19.7 Å². The van der Waals surface area contributed by atoms with Crippen molar-refractivity contribution in [2.75, 3.05) is 28.3 Å². The molecule has 1 aromatic heterocycles. The predicted octanol–water partition coefficient (Wildman–Crippen LogP) is 4.55. The Kier molecular flexibility index (Phi) is 7.48. The molecule has 0 radical (unpaired) electrons. The maximum absolute atomic E-state index is 13.4. The first kappa shape index (κ1) is 24.0. The number of amides is 1. The van der Waals surface area contributed by atoms with Crippen molar-refractivity contribution < 1.29 is 14.3 Å². The Morgan fingerprint density at radius 2 is 1.60 bits per heavy atom. The molecule has 0 atom stereocenters. The summed E-state index contributed by atoms with van der Waals surface area (Å²) < 4.78 is 12.6. The average molecular weight is 471 g/mol. The molecule has 0 aliphatic carbocycles. The summed E-state index contributed by atoms with van der Waals surface area (Å²) in [6.07, 6.45) is 1.77. The van der Waals surface area contributed by atoms with Crippen LogP contribution in [0.2, 0.25) is 0 Å². The van der Waals surface area contributed by atoms with Crippen molar-refractivity contribution in [2.45, 2.75) is 13.1 Å². The van der Waals surface area contributed by atoms with Gasteiger partial charge in [-0.25, -0.2) is 4.68 Å². The lowest BCUT2D eigenvalue weighted by Gasteiger charge is -2.14. The van der Waals surface area contributed by atoms with E-state index in [2.05, 4.69) is 16.3 Å². The molecule has 1 amide bonds. The average Bonchev–Trinajstić information content (AvgIpc) is 3.33. The third-order valence-electron chi connectivity index (χ3n) is 5.68. The summed E-state index contributed by atoms with van der Waals surface area (Å²) in [5.41, 5.74) is 4.93. The number of para-hydroxylation sites is 1. The number of carbonyl (C=O) groups is 1. The minimum atomic E-state index is -0.198. The monoisotopic (exact) mass is 470 g/mol. The molecule has 180 valence electrons. The van der Waals surface area contributed by atoms with E-state index >= 15 is 0 Å². The SMILES string of the molecule is COc1ccc(-c2nn(-c3ccccc3)cc2C(=O)NCc2ccccc2CN(C)C)cc1OC. The minimum absolute atomic E-state index is 0.198. The van der Waals surface area contributed by atoms with Crippen LogP contribution in [0.4, 0.5) is 0 Å². The fourth-order valence-corrected chi connectivity index (χ4v) is 3.95. The lowest BCUT2D eigenvalue weighted by molar-refractivity contribution is 0.0951. The van der Waals surface area contributed by atoms with Gasteiger partial charge in [0, 0.05) is 24.8 Å². The van der Waals surface area contributed by atoms with Crippen molar-refractivity contribution in [1.82, 2.24) is 20.0 Å². The third kappa shape index (κ3) is 5.53. The summed E-state index contributed by atoms with van der Waals surface area (Å²) in [5, 5.41) is 7.86. The first-order valence-corrected chi connectivity index (χ1v) is 11.4. The molecular formula is C28H30N4O3. The number of nitrogens with zero attached hydrogens (tertiary/aromatic N) is 3. The zero-order chi connectivity index (χ0) is 24.8. The van der Waals surface area contributed by atoms with Gasteiger partial charge in [-0.1, -0.05) is 42.5 Å². The van der Waals surface area contributed by atoms with Gasteiger partial charge in [0.2, 0.25) is 0 Å². The van der Waals surface area contributed by atoms with Crippen LogP contribution in [0, 0.1) is 0 Å². The van der Waals surface area contributed by atoms with Gasteiger partial charge >= 0.3 is 0 Å². The van der Waals surface area contributed by atoms with E-state index in [-0.39, 0.29) is 5.91 Å². The number of hydrogen-bond donors (Lipinski definition) is 1. The second-order valence-electron chi connectivity index (χ2n) is 8.43. The Hall–Kier alpha value is -4.10. The molecule has 1 heterocycles. The van der Waals surface area contributed by atoms with Crippen LogP contribution in [0.25, 0.3) is 16.9 Å². The van der Waals surface area contributed by atoms with Crippen LogP contribution in [-0.2, 0) is 13.1 Å². The summed E-state index contributed by atoms with van der Waals surface area (Å²) in [7, 11) is 7.24. The van der Waals surface area contributed by atoms with Crippen molar-refractivity contribution in [3.63, 3.8) is 0 Å². The molecule has 0 saturated heterocycles. The molecule has 1 N–H and O–H groups in total. The molecule has 0 saturated carbocycles. The standard InChI is InChI=1S/C28H30N4O3/c1-31(2)18-22-11-9-8-10-21(22)17-29-28(33)24-19-32(23-12-6-5-7-13-23)30-27(24)20-14-15-25(34-3)26(16-20)35-4/h5-16,19H,17-18H2,1-4H3,(H,29,33). The first-order chi connectivity index (χ1) is 17.0. The van der Waals surface area contributed by atoms with E-state index in [4.69, 9.17) is 14.6 Å². The number of hydrogen-bond acceptors (Lipinski definition) is 5. The van der Waals surface area contributed by atoms with Crippen LogP contribution >= 0.6 is 0 Å². The zero-order valence-electron chi connectivity index (χ0n) is 20.5. The van der Waals surface area contributed by atoms with E-state index in [0.29, 0.717) is 29.3 Å². The van der Waals surface area contributed by atoms with Crippen LogP contribution < -0.4 is 14.8 Å². The number of carbonyl (C=O) groups excluding carboxylic acids is 1. The maximum Gasteiger partial charge on any atom is 0.255 e. The van der Waals surface area contributed by atoms with Crippen LogP contribution in [0.3, 0.4) is 0 Å². The molecule has 0 bridgehead atoms. The highest BCUT2D eigenvalue weighted by molar-refractivity contribution is 6.00. The van der Waals surface area contributed by atoms with Gasteiger partial charge in [0.1, 0.15) is 5.69 Å². The largest absolute Gasteiger partial charge is 0.493 e. The van der Waals surface area contributed by atoms with E-state index in [1.54, 1.807) is 25.1 Å². The summed E-state index contributed by atoms with van der Waals surface area (Å²) >= 11 is 0. The van der Waals surface area contributed by atoms with Crippen LogP contribution in [0.15, 0.2) is 79.0 Å². The van der Waals surface area contributed by atoms with E-state index < -0.39 is 0 Å². The van der Waals surface area contributed by atoms with Crippen molar-refractivity contribution in [3.05, 3.63) is 95.7 Å². The van der Waals surface area contributed by atoms with E-state index in [9.17, 15) is 4.79 Å². The highest BCUT2D eigenvalue weighted by Gasteiger charge is 2.20. The molecule has 35 heavy (non-hydrogen) atoms. The van der Waals surface area contributed by atoms with Crippen LogP contribution in [0.5, 0.6) is 11.5 Å². The second kappa shape index (κ2) is 10.9. The second-order valence-corrected chi connectivity index (χ2v) is 8.43. The number of methoxy groups -OCH3 is 2. The normalized spacial score (nSPS) is 10.9.